The maximum atomic E-state index is 12.2. The van der Waals surface area contributed by atoms with Gasteiger partial charge < -0.3 is 9.73 Å². The Kier molecular flexibility index (Phi) is 3.73. The molecule has 0 unspecified atom stereocenters. The number of aromatic nitrogens is 2. The summed E-state index contributed by atoms with van der Waals surface area (Å²) in [6, 6.07) is 7.48. The number of para-hydroxylation sites is 1. The molecule has 0 saturated carbocycles. The topological polar surface area (TPSA) is 68.0 Å². The Bertz CT molecular complexity index is 620. The molecule has 2 heterocycles. The van der Waals surface area contributed by atoms with E-state index in [-0.39, 0.29) is 11.2 Å². The van der Waals surface area contributed by atoms with Crippen molar-refractivity contribution in [2.45, 2.75) is 25.0 Å². The van der Waals surface area contributed by atoms with Crippen molar-refractivity contribution in [2.75, 3.05) is 11.1 Å². The number of anilines is 1. The minimum absolute atomic E-state index is 0.0486. The second-order valence-corrected chi connectivity index (χ2v) is 5.97. The summed E-state index contributed by atoms with van der Waals surface area (Å²) < 4.78 is 5.44. The van der Waals surface area contributed by atoms with Crippen LogP contribution in [0.4, 0.5) is 5.69 Å². The van der Waals surface area contributed by atoms with Gasteiger partial charge in [-0.25, -0.2) is 0 Å². The molecule has 1 aliphatic rings. The van der Waals surface area contributed by atoms with Gasteiger partial charge in [-0.3, -0.25) is 4.79 Å². The Balaban J connectivity index is 1.84. The Morgan fingerprint density at radius 3 is 2.95 bits per heavy atom. The van der Waals surface area contributed by atoms with Gasteiger partial charge in [0, 0.05) is 6.92 Å². The minimum atomic E-state index is 0.0486. The molecule has 104 valence electrons. The number of rotatable bonds is 3. The van der Waals surface area contributed by atoms with Crippen LogP contribution in [0, 0.1) is 6.92 Å². The Labute approximate surface area is 121 Å². The molecule has 5 nitrogen and oxygen atoms in total. The first-order chi connectivity index (χ1) is 9.74. The first kappa shape index (κ1) is 13.2. The number of amides is 1. The molecule has 0 bridgehead atoms. The van der Waals surface area contributed by atoms with Crippen LogP contribution >= 0.6 is 11.8 Å². The predicted molar refractivity (Wildman–Crippen MR) is 78.6 cm³/mol. The quantitative estimate of drug-likeness (QED) is 0.941. The van der Waals surface area contributed by atoms with Crippen LogP contribution in [0.3, 0.4) is 0 Å². The molecule has 1 aromatic carbocycles. The van der Waals surface area contributed by atoms with E-state index in [2.05, 4.69) is 15.5 Å². The third-order valence-corrected chi connectivity index (χ3v) is 4.54. The molecule has 1 aromatic heterocycles. The average Bonchev–Trinajstić information content (AvgIpc) is 3.10. The zero-order chi connectivity index (χ0) is 13.9. The molecule has 1 N–H and O–H groups in total. The fourth-order valence-corrected chi connectivity index (χ4v) is 3.34. The molecule has 0 spiro atoms. The van der Waals surface area contributed by atoms with Crippen molar-refractivity contribution in [2.24, 2.45) is 0 Å². The van der Waals surface area contributed by atoms with Gasteiger partial charge in [0.15, 0.2) is 0 Å². The van der Waals surface area contributed by atoms with E-state index >= 15 is 0 Å². The number of nitrogens with one attached hydrogen (secondary N) is 1. The molecular formula is C14H15N3O2S. The van der Waals surface area contributed by atoms with E-state index < -0.39 is 0 Å². The van der Waals surface area contributed by atoms with E-state index in [0.717, 1.165) is 24.2 Å². The fraction of sp³-hybridized carbons (Fsp3) is 0.357. The Morgan fingerprint density at radius 1 is 1.40 bits per heavy atom. The standard InChI is InChI=1S/C14H15N3O2S/c1-9-16-17-14(19-9)10-5-2-3-6-11(10)15-13(18)12-7-4-8-20-12/h2-3,5-6,12H,4,7-8H2,1H3,(H,15,18)/t12-/m0/s1. The SMILES string of the molecule is Cc1nnc(-c2ccccc2NC(=O)[C@@H]2CCCS2)o1. The second-order valence-electron chi connectivity index (χ2n) is 4.66. The summed E-state index contributed by atoms with van der Waals surface area (Å²) in [5, 5.41) is 10.9. The molecule has 0 radical (unpaired) electrons. The van der Waals surface area contributed by atoms with Gasteiger partial charge in [-0.2, -0.15) is 0 Å². The molecular weight excluding hydrogens is 274 g/mol. The molecule has 6 heteroatoms. The summed E-state index contributed by atoms with van der Waals surface area (Å²) in [5.41, 5.74) is 1.47. The molecule has 0 aliphatic carbocycles. The summed E-state index contributed by atoms with van der Waals surface area (Å²) in [5.74, 6) is 2.05. The molecule has 1 atom stereocenters. The summed E-state index contributed by atoms with van der Waals surface area (Å²) in [6.45, 7) is 1.74. The maximum Gasteiger partial charge on any atom is 0.249 e. The van der Waals surface area contributed by atoms with Crippen LogP contribution < -0.4 is 5.32 Å². The van der Waals surface area contributed by atoms with E-state index in [9.17, 15) is 4.79 Å². The van der Waals surface area contributed by atoms with Crippen molar-refractivity contribution < 1.29 is 9.21 Å². The number of hydrogen-bond acceptors (Lipinski definition) is 5. The van der Waals surface area contributed by atoms with Crippen molar-refractivity contribution in [1.82, 2.24) is 10.2 Å². The number of benzene rings is 1. The zero-order valence-electron chi connectivity index (χ0n) is 11.1. The first-order valence-corrected chi connectivity index (χ1v) is 7.61. The van der Waals surface area contributed by atoms with Crippen molar-refractivity contribution in [3.05, 3.63) is 30.2 Å². The summed E-state index contributed by atoms with van der Waals surface area (Å²) in [6.07, 6.45) is 2.05. The molecule has 1 amide bonds. The van der Waals surface area contributed by atoms with E-state index in [1.807, 2.05) is 24.3 Å². The summed E-state index contributed by atoms with van der Waals surface area (Å²) >= 11 is 1.71. The van der Waals surface area contributed by atoms with Crippen LogP contribution in [0.2, 0.25) is 0 Å². The number of aryl methyl sites for hydroxylation is 1. The maximum absolute atomic E-state index is 12.2. The van der Waals surface area contributed by atoms with E-state index in [1.54, 1.807) is 18.7 Å². The molecule has 2 aromatic rings. The van der Waals surface area contributed by atoms with Gasteiger partial charge in [0.1, 0.15) is 0 Å². The highest BCUT2D eigenvalue weighted by Crippen LogP contribution is 2.30. The first-order valence-electron chi connectivity index (χ1n) is 6.56. The number of thioether (sulfide) groups is 1. The molecule has 1 fully saturated rings. The lowest BCUT2D eigenvalue weighted by molar-refractivity contribution is -0.115. The molecule has 20 heavy (non-hydrogen) atoms. The monoisotopic (exact) mass is 289 g/mol. The van der Waals surface area contributed by atoms with Crippen molar-refractivity contribution in [1.29, 1.82) is 0 Å². The van der Waals surface area contributed by atoms with Gasteiger partial charge in [-0.1, -0.05) is 12.1 Å². The Morgan fingerprint density at radius 2 is 2.25 bits per heavy atom. The van der Waals surface area contributed by atoms with Crippen LogP contribution in [0.25, 0.3) is 11.5 Å². The fourth-order valence-electron chi connectivity index (χ4n) is 2.18. The normalized spacial score (nSPS) is 18.1. The Hall–Kier alpha value is -1.82. The predicted octanol–water partition coefficient (Wildman–Crippen LogP) is 2.88. The van der Waals surface area contributed by atoms with E-state index in [0.29, 0.717) is 17.5 Å². The van der Waals surface area contributed by atoms with Gasteiger partial charge in [-0.15, -0.1) is 22.0 Å². The van der Waals surface area contributed by atoms with Crippen molar-refractivity contribution >= 4 is 23.4 Å². The van der Waals surface area contributed by atoms with Crippen LogP contribution in [0.5, 0.6) is 0 Å². The average molecular weight is 289 g/mol. The lowest BCUT2D eigenvalue weighted by atomic mass is 10.1. The highest BCUT2D eigenvalue weighted by Gasteiger charge is 2.24. The minimum Gasteiger partial charge on any atom is -0.421 e. The lowest BCUT2D eigenvalue weighted by Crippen LogP contribution is -2.23. The third-order valence-electron chi connectivity index (χ3n) is 3.16. The molecule has 1 aliphatic heterocycles. The van der Waals surface area contributed by atoms with Crippen LogP contribution in [-0.4, -0.2) is 27.1 Å². The highest BCUT2D eigenvalue weighted by atomic mass is 32.2. The second kappa shape index (κ2) is 5.66. The lowest BCUT2D eigenvalue weighted by Gasteiger charge is -2.12. The van der Waals surface area contributed by atoms with Crippen LogP contribution in [-0.2, 0) is 4.79 Å². The summed E-state index contributed by atoms with van der Waals surface area (Å²) in [4.78, 5) is 12.2. The van der Waals surface area contributed by atoms with Gasteiger partial charge in [0.25, 0.3) is 0 Å². The van der Waals surface area contributed by atoms with Gasteiger partial charge in [0.05, 0.1) is 16.5 Å². The largest absolute Gasteiger partial charge is 0.421 e. The van der Waals surface area contributed by atoms with E-state index in [4.69, 9.17) is 4.42 Å². The number of carbonyl (C=O) groups is 1. The van der Waals surface area contributed by atoms with Crippen molar-refractivity contribution in [3.8, 4) is 11.5 Å². The van der Waals surface area contributed by atoms with Gasteiger partial charge in [0.2, 0.25) is 17.7 Å². The highest BCUT2D eigenvalue weighted by molar-refractivity contribution is 8.00. The van der Waals surface area contributed by atoms with Gasteiger partial charge >= 0.3 is 0 Å². The number of hydrogen-bond donors (Lipinski definition) is 1. The smallest absolute Gasteiger partial charge is 0.249 e. The van der Waals surface area contributed by atoms with Crippen molar-refractivity contribution in [3.63, 3.8) is 0 Å². The van der Waals surface area contributed by atoms with Gasteiger partial charge in [-0.05, 0) is 30.7 Å². The van der Waals surface area contributed by atoms with Crippen LogP contribution in [0.15, 0.2) is 28.7 Å². The number of carbonyl (C=O) groups excluding carboxylic acids is 1. The number of nitrogens with zero attached hydrogens (tertiary/aromatic N) is 2. The third kappa shape index (κ3) is 2.70. The molecule has 3 rings (SSSR count). The molecule has 1 saturated heterocycles. The summed E-state index contributed by atoms with van der Waals surface area (Å²) in [7, 11) is 0. The van der Waals surface area contributed by atoms with Crippen LogP contribution in [0.1, 0.15) is 18.7 Å². The van der Waals surface area contributed by atoms with E-state index in [1.165, 1.54) is 0 Å². The zero-order valence-corrected chi connectivity index (χ0v) is 11.9.